The molecule has 0 amide bonds. The monoisotopic (exact) mass is 280 g/mol. The lowest BCUT2D eigenvalue weighted by atomic mass is 10.2. The summed E-state index contributed by atoms with van der Waals surface area (Å²) in [5.41, 5.74) is 0. The van der Waals surface area contributed by atoms with Gasteiger partial charge in [0.1, 0.15) is 0 Å². The molecule has 0 aliphatic heterocycles. The van der Waals surface area contributed by atoms with Gasteiger partial charge in [-0.25, -0.2) is 0 Å². The van der Waals surface area contributed by atoms with Crippen LogP contribution in [0.1, 0.15) is 53.4 Å². The van der Waals surface area contributed by atoms with Gasteiger partial charge in [-0.3, -0.25) is 0 Å². The van der Waals surface area contributed by atoms with E-state index in [1.165, 1.54) is 19.3 Å². The normalized spacial score (nSPS) is 11.3. The van der Waals surface area contributed by atoms with E-state index in [0.29, 0.717) is 19.8 Å². The Morgan fingerprint density at radius 3 is 1.53 bits per heavy atom. The van der Waals surface area contributed by atoms with Gasteiger partial charge in [-0.1, -0.05) is 26.2 Å². The molecule has 0 aliphatic carbocycles. The second-order valence-electron chi connectivity index (χ2n) is 3.79. The van der Waals surface area contributed by atoms with E-state index < -0.39 is 8.80 Å². The van der Waals surface area contributed by atoms with Crippen molar-refractivity contribution in [2.24, 2.45) is 0 Å². The number of rotatable bonds is 11. The molecule has 0 saturated heterocycles. The number of hydrogen-bond acceptors (Lipinski definition) is 3. The minimum absolute atomic E-state index is 0. The minimum atomic E-state index is -2.35. The van der Waals surface area contributed by atoms with E-state index in [9.17, 15) is 0 Å². The first kappa shape index (κ1) is 19.6. The maximum absolute atomic E-state index is 5.79. The molecule has 0 radical (unpaired) electrons. The lowest BCUT2D eigenvalue weighted by Crippen LogP contribution is -2.45. The summed E-state index contributed by atoms with van der Waals surface area (Å²) in [5, 5.41) is 0. The van der Waals surface area contributed by atoms with Gasteiger partial charge in [-0.05, 0) is 38.2 Å². The van der Waals surface area contributed by atoms with Crippen LogP contribution < -0.4 is 0 Å². The van der Waals surface area contributed by atoms with Gasteiger partial charge in [0.05, 0.1) is 0 Å². The van der Waals surface area contributed by atoms with E-state index in [1.54, 1.807) is 0 Å². The quantitative estimate of drug-likeness (QED) is 0.429. The Balaban J connectivity index is 0. The van der Waals surface area contributed by atoms with Crippen LogP contribution in [0.2, 0.25) is 6.04 Å². The van der Waals surface area contributed by atoms with E-state index in [4.69, 9.17) is 13.3 Å². The molecule has 0 aliphatic rings. The van der Waals surface area contributed by atoms with E-state index >= 15 is 0 Å². The first-order valence-electron chi connectivity index (χ1n) is 6.66. The van der Waals surface area contributed by atoms with Gasteiger partial charge >= 0.3 is 8.80 Å². The summed E-state index contributed by atoms with van der Waals surface area (Å²) >= 11 is 0. The third-order valence-electron chi connectivity index (χ3n) is 2.43. The lowest BCUT2D eigenvalue weighted by molar-refractivity contribution is 0.0706. The van der Waals surface area contributed by atoms with Crippen molar-refractivity contribution in [2.75, 3.05) is 19.8 Å². The maximum Gasteiger partial charge on any atom is 0.500 e. The second-order valence-corrected chi connectivity index (χ2v) is 6.52. The molecular weight excluding hydrogens is 248 g/mol. The average molecular weight is 281 g/mol. The molecule has 0 spiro atoms. The number of unbranched alkanes of at least 4 members (excludes halogenated alkanes) is 3. The van der Waals surface area contributed by atoms with Crippen molar-refractivity contribution < 1.29 is 13.3 Å². The van der Waals surface area contributed by atoms with E-state index in [-0.39, 0.29) is 11.0 Å². The summed E-state index contributed by atoms with van der Waals surface area (Å²) < 4.78 is 17.4. The molecule has 0 fully saturated rings. The number of hydrogen-bond donors (Lipinski definition) is 0. The molecule has 17 heavy (non-hydrogen) atoms. The molecule has 5 heteroatoms. The Morgan fingerprint density at radius 1 is 0.706 bits per heavy atom. The standard InChI is InChI=1S/C12H28O3Si.H4Si/c1-5-9-10-11-12-16(13-6-2,14-7-3)15-8-4;/h5-12H2,1-4H3;1H4. The van der Waals surface area contributed by atoms with E-state index in [1.807, 2.05) is 20.8 Å². The highest BCUT2D eigenvalue weighted by molar-refractivity contribution is 6.60. The SMILES string of the molecule is CCCCCC[Si](OCC)(OCC)OCC.[SiH4]. The molecule has 106 valence electrons. The van der Waals surface area contributed by atoms with Gasteiger partial charge in [0.25, 0.3) is 0 Å². The van der Waals surface area contributed by atoms with Crippen LogP contribution in [0.15, 0.2) is 0 Å². The van der Waals surface area contributed by atoms with Crippen LogP contribution in [0.25, 0.3) is 0 Å². The molecule has 3 nitrogen and oxygen atoms in total. The van der Waals surface area contributed by atoms with Crippen molar-refractivity contribution in [2.45, 2.75) is 59.4 Å². The Bertz CT molecular complexity index is 140. The van der Waals surface area contributed by atoms with E-state index in [2.05, 4.69) is 6.92 Å². The summed E-state index contributed by atoms with van der Waals surface area (Å²) in [4.78, 5) is 0. The predicted octanol–water partition coefficient (Wildman–Crippen LogP) is 2.16. The van der Waals surface area contributed by atoms with Gasteiger partial charge in [-0.15, -0.1) is 0 Å². The molecule has 0 atom stereocenters. The Hall–Kier alpha value is 0.314. The van der Waals surface area contributed by atoms with Crippen molar-refractivity contribution in [3.05, 3.63) is 0 Å². The zero-order chi connectivity index (χ0) is 12.3. The zero-order valence-electron chi connectivity index (χ0n) is 11.4. The summed E-state index contributed by atoms with van der Waals surface area (Å²) in [6.07, 6.45) is 4.94. The second kappa shape index (κ2) is 12.8. The summed E-state index contributed by atoms with van der Waals surface area (Å²) in [7, 11) is -2.35. The van der Waals surface area contributed by atoms with Crippen LogP contribution in [0.5, 0.6) is 0 Å². The fourth-order valence-corrected chi connectivity index (χ4v) is 4.46. The molecule has 0 N–H and O–H groups in total. The first-order chi connectivity index (χ1) is 7.74. The lowest BCUT2D eigenvalue weighted by Gasteiger charge is -2.28. The third-order valence-corrected chi connectivity index (χ3v) is 5.58. The van der Waals surface area contributed by atoms with Crippen molar-refractivity contribution in [3.63, 3.8) is 0 Å². The van der Waals surface area contributed by atoms with Gasteiger partial charge < -0.3 is 13.3 Å². The molecule has 0 aromatic rings. The third kappa shape index (κ3) is 8.96. The molecule has 0 rings (SSSR count). The maximum atomic E-state index is 5.79. The minimum Gasteiger partial charge on any atom is -0.374 e. The van der Waals surface area contributed by atoms with Crippen molar-refractivity contribution in [1.29, 1.82) is 0 Å². The predicted molar refractivity (Wildman–Crippen MR) is 80.9 cm³/mol. The fourth-order valence-electron chi connectivity index (χ4n) is 1.77. The highest BCUT2D eigenvalue weighted by Gasteiger charge is 2.39. The fraction of sp³-hybridized carbons (Fsp3) is 1.00. The van der Waals surface area contributed by atoms with Gasteiger partial charge in [0.15, 0.2) is 0 Å². The molecule has 0 unspecified atom stereocenters. The molecule has 0 saturated carbocycles. The largest absolute Gasteiger partial charge is 0.500 e. The van der Waals surface area contributed by atoms with Gasteiger partial charge in [-0.2, -0.15) is 0 Å². The van der Waals surface area contributed by atoms with Crippen molar-refractivity contribution in [3.8, 4) is 0 Å². The smallest absolute Gasteiger partial charge is 0.374 e. The van der Waals surface area contributed by atoms with Crippen LogP contribution in [0.4, 0.5) is 0 Å². The molecule has 0 heterocycles. The van der Waals surface area contributed by atoms with Crippen LogP contribution in [0, 0.1) is 0 Å². The topological polar surface area (TPSA) is 27.7 Å². The molecule has 0 aromatic heterocycles. The Morgan fingerprint density at radius 2 is 1.18 bits per heavy atom. The highest BCUT2D eigenvalue weighted by atomic mass is 28.4. The van der Waals surface area contributed by atoms with Crippen LogP contribution in [-0.2, 0) is 13.3 Å². The molecule has 0 bridgehead atoms. The van der Waals surface area contributed by atoms with Crippen LogP contribution >= 0.6 is 0 Å². The zero-order valence-corrected chi connectivity index (χ0v) is 12.4. The summed E-state index contributed by atoms with van der Waals surface area (Å²) in [6.45, 7) is 10.3. The van der Waals surface area contributed by atoms with Crippen molar-refractivity contribution >= 4 is 19.8 Å². The van der Waals surface area contributed by atoms with Crippen LogP contribution in [-0.4, -0.2) is 39.6 Å². The average Bonchev–Trinajstić information content (AvgIpc) is 2.26. The van der Waals surface area contributed by atoms with Crippen molar-refractivity contribution in [1.82, 2.24) is 0 Å². The Kier molecular flexibility index (Phi) is 14.8. The highest BCUT2D eigenvalue weighted by Crippen LogP contribution is 2.20. The Labute approximate surface area is 113 Å². The summed E-state index contributed by atoms with van der Waals surface area (Å²) in [5.74, 6) is 0. The van der Waals surface area contributed by atoms with Gasteiger partial charge in [0, 0.05) is 25.9 Å². The first-order valence-corrected chi connectivity index (χ1v) is 8.59. The van der Waals surface area contributed by atoms with Gasteiger partial charge in [0.2, 0.25) is 0 Å². The van der Waals surface area contributed by atoms with Crippen LogP contribution in [0.3, 0.4) is 0 Å². The summed E-state index contributed by atoms with van der Waals surface area (Å²) in [6, 6.07) is 0.961. The molecular formula is C12H32O3Si2. The van der Waals surface area contributed by atoms with E-state index in [0.717, 1.165) is 12.5 Å². The molecule has 0 aromatic carbocycles.